The fourth-order valence-corrected chi connectivity index (χ4v) is 1.80. The molecule has 100 valence electrons. The number of benzene rings is 2. The third-order valence-electron chi connectivity index (χ3n) is 2.97. The van der Waals surface area contributed by atoms with Crippen molar-refractivity contribution in [1.82, 2.24) is 0 Å². The van der Waals surface area contributed by atoms with E-state index in [9.17, 15) is 4.79 Å². The molecular formula is C18H17NO. The van der Waals surface area contributed by atoms with Crippen LogP contribution in [0.5, 0.6) is 0 Å². The van der Waals surface area contributed by atoms with Gasteiger partial charge in [-0.15, -0.1) is 6.54 Å². The molecule has 2 aromatic carbocycles. The molecule has 0 aliphatic rings. The lowest BCUT2D eigenvalue weighted by Crippen LogP contribution is -1.97. The van der Waals surface area contributed by atoms with Crippen molar-refractivity contribution in [2.45, 2.75) is 13.5 Å². The summed E-state index contributed by atoms with van der Waals surface area (Å²) in [6, 6.07) is 19.7. The quantitative estimate of drug-likeness (QED) is 0.736. The van der Waals surface area contributed by atoms with Crippen LogP contribution in [-0.2, 0) is 11.3 Å². The lowest BCUT2D eigenvalue weighted by molar-refractivity contribution is -0.112. The number of amides is 1. The van der Waals surface area contributed by atoms with Crippen molar-refractivity contribution in [3.05, 3.63) is 89.6 Å². The first kappa shape index (κ1) is 13.9. The molecule has 0 heterocycles. The predicted molar refractivity (Wildman–Crippen MR) is 82.9 cm³/mol. The van der Waals surface area contributed by atoms with Crippen LogP contribution >= 0.6 is 0 Å². The molecule has 0 aliphatic heterocycles. The SMILES string of the molecule is CC(=C[CH+]C(=O)[N-]Cc1ccccc1)c1ccccc1. The summed E-state index contributed by atoms with van der Waals surface area (Å²) in [5.74, 6) is -0.205. The number of hydrogen-bond acceptors (Lipinski definition) is 1. The summed E-state index contributed by atoms with van der Waals surface area (Å²) in [5.41, 5.74) is 3.20. The minimum absolute atomic E-state index is 0.205. The van der Waals surface area contributed by atoms with Gasteiger partial charge in [-0.1, -0.05) is 54.1 Å². The van der Waals surface area contributed by atoms with E-state index in [4.69, 9.17) is 0 Å². The molecule has 0 bridgehead atoms. The summed E-state index contributed by atoms with van der Waals surface area (Å²) in [5, 5.41) is 4.02. The molecule has 1 amide bonds. The Bertz CT molecular complexity index is 573. The molecular weight excluding hydrogens is 246 g/mol. The average Bonchev–Trinajstić information content (AvgIpc) is 2.52. The largest absolute Gasteiger partial charge is 0.627 e. The maximum atomic E-state index is 11.7. The zero-order valence-electron chi connectivity index (χ0n) is 11.5. The summed E-state index contributed by atoms with van der Waals surface area (Å²) in [6.45, 7) is 2.41. The van der Waals surface area contributed by atoms with Gasteiger partial charge in [-0.2, -0.15) is 0 Å². The van der Waals surface area contributed by atoms with E-state index in [1.807, 2.05) is 73.7 Å². The van der Waals surface area contributed by atoms with Crippen LogP contribution < -0.4 is 0 Å². The maximum absolute atomic E-state index is 11.7. The molecule has 0 radical (unpaired) electrons. The van der Waals surface area contributed by atoms with Gasteiger partial charge in [-0.3, -0.25) is 4.79 Å². The molecule has 0 atom stereocenters. The number of rotatable bonds is 5. The minimum atomic E-state index is -0.205. The first-order valence-electron chi connectivity index (χ1n) is 6.58. The van der Waals surface area contributed by atoms with E-state index in [2.05, 4.69) is 5.32 Å². The minimum Gasteiger partial charge on any atom is -0.627 e. The van der Waals surface area contributed by atoms with Gasteiger partial charge in [-0.05, 0) is 12.1 Å². The number of carbonyl (C=O) groups is 1. The Morgan fingerprint density at radius 3 is 2.30 bits per heavy atom. The Kier molecular flexibility index (Phi) is 5.01. The Morgan fingerprint density at radius 1 is 1.05 bits per heavy atom. The van der Waals surface area contributed by atoms with Gasteiger partial charge in [0.1, 0.15) is 6.08 Å². The first-order chi connectivity index (χ1) is 9.75. The van der Waals surface area contributed by atoms with Crippen LogP contribution in [0, 0.1) is 6.42 Å². The molecule has 0 fully saturated rings. The highest BCUT2D eigenvalue weighted by molar-refractivity contribution is 5.98. The first-order valence-corrected chi connectivity index (χ1v) is 6.58. The molecule has 0 aromatic heterocycles. The van der Waals surface area contributed by atoms with Crippen molar-refractivity contribution in [1.29, 1.82) is 0 Å². The van der Waals surface area contributed by atoms with Crippen molar-refractivity contribution in [3.63, 3.8) is 0 Å². The van der Waals surface area contributed by atoms with E-state index in [0.29, 0.717) is 6.54 Å². The van der Waals surface area contributed by atoms with Crippen LogP contribution in [0.3, 0.4) is 0 Å². The highest BCUT2D eigenvalue weighted by Gasteiger charge is 2.03. The Hall–Kier alpha value is -2.48. The fraction of sp³-hybridized carbons (Fsp3) is 0.111. The van der Waals surface area contributed by atoms with Crippen LogP contribution in [0.15, 0.2) is 66.7 Å². The van der Waals surface area contributed by atoms with E-state index in [1.165, 1.54) is 6.42 Å². The standard InChI is InChI=1S/C18H17NO/c1-15(17-10-6-3-7-11-17)12-13-18(20)19-14-16-8-4-2-5-9-16/h2-13H,14H2,1H3. The lowest BCUT2D eigenvalue weighted by Gasteiger charge is -2.14. The molecule has 2 heteroatoms. The van der Waals surface area contributed by atoms with E-state index >= 15 is 0 Å². The summed E-state index contributed by atoms with van der Waals surface area (Å²) >= 11 is 0. The van der Waals surface area contributed by atoms with Crippen LogP contribution in [0.25, 0.3) is 10.9 Å². The molecule has 2 rings (SSSR count). The van der Waals surface area contributed by atoms with Gasteiger partial charge in [-0.25, -0.2) is 0 Å². The highest BCUT2D eigenvalue weighted by Crippen LogP contribution is 2.14. The van der Waals surface area contributed by atoms with Gasteiger partial charge in [0.25, 0.3) is 0 Å². The maximum Gasteiger partial charge on any atom is 0.161 e. The lowest BCUT2D eigenvalue weighted by atomic mass is 10.1. The van der Waals surface area contributed by atoms with Gasteiger partial charge in [0.15, 0.2) is 5.91 Å². The number of hydrogen-bond donors (Lipinski definition) is 0. The second-order valence-electron chi connectivity index (χ2n) is 4.52. The molecule has 0 spiro atoms. The molecule has 0 aliphatic carbocycles. The predicted octanol–water partition coefficient (Wildman–Crippen LogP) is 4.39. The van der Waals surface area contributed by atoms with Crippen molar-refractivity contribution in [2.75, 3.05) is 0 Å². The third-order valence-corrected chi connectivity index (χ3v) is 2.97. The third kappa shape index (κ3) is 4.32. The van der Waals surface area contributed by atoms with E-state index < -0.39 is 0 Å². The van der Waals surface area contributed by atoms with Crippen molar-refractivity contribution < 1.29 is 4.79 Å². The number of nitrogens with zero attached hydrogens (tertiary/aromatic N) is 1. The number of carbonyl (C=O) groups excluding carboxylic acids is 1. The Labute approximate surface area is 120 Å². The second kappa shape index (κ2) is 7.19. The zero-order chi connectivity index (χ0) is 14.2. The summed E-state index contributed by atoms with van der Waals surface area (Å²) in [4.78, 5) is 11.7. The molecule has 0 saturated carbocycles. The molecule has 0 saturated heterocycles. The van der Waals surface area contributed by atoms with E-state index in [0.717, 1.165) is 16.7 Å². The second-order valence-corrected chi connectivity index (χ2v) is 4.52. The van der Waals surface area contributed by atoms with Crippen molar-refractivity contribution in [2.24, 2.45) is 0 Å². The van der Waals surface area contributed by atoms with Gasteiger partial charge < -0.3 is 5.32 Å². The van der Waals surface area contributed by atoms with Crippen LogP contribution in [0.1, 0.15) is 18.1 Å². The fourth-order valence-electron chi connectivity index (χ4n) is 1.80. The molecule has 20 heavy (non-hydrogen) atoms. The van der Waals surface area contributed by atoms with Crippen LogP contribution in [0.2, 0.25) is 0 Å². The normalized spacial score (nSPS) is 10.9. The van der Waals surface area contributed by atoms with Crippen LogP contribution in [-0.4, -0.2) is 5.91 Å². The summed E-state index contributed by atoms with van der Waals surface area (Å²) < 4.78 is 0. The molecule has 2 aromatic rings. The monoisotopic (exact) mass is 263 g/mol. The van der Waals surface area contributed by atoms with E-state index in [1.54, 1.807) is 0 Å². The molecule has 2 nitrogen and oxygen atoms in total. The highest BCUT2D eigenvalue weighted by atomic mass is 16.1. The molecule has 0 N–H and O–H groups in total. The Balaban J connectivity index is 1.83. The van der Waals surface area contributed by atoms with Crippen molar-refractivity contribution in [3.8, 4) is 0 Å². The Morgan fingerprint density at radius 2 is 1.65 bits per heavy atom. The topological polar surface area (TPSA) is 31.2 Å². The number of allylic oxidation sites excluding steroid dienone is 1. The van der Waals surface area contributed by atoms with Crippen LogP contribution in [0.4, 0.5) is 0 Å². The smallest absolute Gasteiger partial charge is 0.161 e. The zero-order valence-corrected chi connectivity index (χ0v) is 11.5. The van der Waals surface area contributed by atoms with E-state index in [-0.39, 0.29) is 5.91 Å². The molecule has 0 unspecified atom stereocenters. The van der Waals surface area contributed by atoms with Gasteiger partial charge in [0.05, 0.1) is 17.6 Å². The van der Waals surface area contributed by atoms with Gasteiger partial charge in [0.2, 0.25) is 0 Å². The van der Waals surface area contributed by atoms with Gasteiger partial charge in [0, 0.05) is 6.92 Å². The van der Waals surface area contributed by atoms with Crippen molar-refractivity contribution >= 4 is 11.5 Å². The summed E-state index contributed by atoms with van der Waals surface area (Å²) in [6.07, 6.45) is 3.33. The average molecular weight is 263 g/mol. The summed E-state index contributed by atoms with van der Waals surface area (Å²) in [7, 11) is 0. The van der Waals surface area contributed by atoms with Gasteiger partial charge >= 0.3 is 0 Å².